The first kappa shape index (κ1) is 16.4. The lowest BCUT2D eigenvalue weighted by molar-refractivity contribution is 0.0949. The van der Waals surface area contributed by atoms with E-state index < -0.39 is 21.7 Å². The van der Waals surface area contributed by atoms with Crippen LogP contribution in [-0.4, -0.2) is 33.7 Å². The van der Waals surface area contributed by atoms with Crippen LogP contribution in [0, 0.1) is 12.7 Å². The summed E-state index contributed by atoms with van der Waals surface area (Å²) in [5, 5.41) is 2.51. The maximum Gasteiger partial charge on any atom is 0.254 e. The molecule has 1 aromatic rings. The number of hydrogen-bond acceptors (Lipinski definition) is 4. The van der Waals surface area contributed by atoms with Gasteiger partial charge in [-0.3, -0.25) is 4.79 Å². The highest BCUT2D eigenvalue weighted by molar-refractivity contribution is 7.88. The van der Waals surface area contributed by atoms with Crippen LogP contribution in [0.25, 0.3) is 0 Å². The minimum atomic E-state index is -3.23. The third-order valence-electron chi connectivity index (χ3n) is 2.52. The van der Waals surface area contributed by atoms with Crippen molar-refractivity contribution in [2.45, 2.75) is 13.3 Å². The number of nitrogens with one attached hydrogen (secondary N) is 2. The summed E-state index contributed by atoms with van der Waals surface area (Å²) in [5.74, 6) is -1.18. The number of hydrogen-bond donors (Lipinski definition) is 3. The van der Waals surface area contributed by atoms with E-state index in [1.54, 1.807) is 0 Å². The highest BCUT2D eigenvalue weighted by Crippen LogP contribution is 2.16. The van der Waals surface area contributed by atoms with E-state index in [0.29, 0.717) is 17.7 Å². The van der Waals surface area contributed by atoms with Gasteiger partial charge in [-0.25, -0.2) is 17.5 Å². The highest BCUT2D eigenvalue weighted by Gasteiger charge is 2.14. The number of carbonyl (C=O) groups excluding carboxylic acids is 1. The maximum atomic E-state index is 13.8. The Morgan fingerprint density at radius 2 is 2.00 bits per heavy atom. The molecule has 0 saturated carbocycles. The Morgan fingerprint density at radius 3 is 2.60 bits per heavy atom. The average Bonchev–Trinajstić information content (AvgIpc) is 2.31. The van der Waals surface area contributed by atoms with Crippen LogP contribution < -0.4 is 15.8 Å². The average molecular weight is 303 g/mol. The lowest BCUT2D eigenvalue weighted by Gasteiger charge is -2.09. The van der Waals surface area contributed by atoms with Gasteiger partial charge < -0.3 is 11.1 Å². The second-order valence-corrected chi connectivity index (χ2v) is 6.31. The van der Waals surface area contributed by atoms with Crippen molar-refractivity contribution in [3.63, 3.8) is 0 Å². The van der Waals surface area contributed by atoms with Crippen molar-refractivity contribution in [2.24, 2.45) is 0 Å². The van der Waals surface area contributed by atoms with Gasteiger partial charge in [0.15, 0.2) is 0 Å². The Morgan fingerprint density at radius 1 is 1.35 bits per heavy atom. The van der Waals surface area contributed by atoms with Crippen LogP contribution >= 0.6 is 0 Å². The van der Waals surface area contributed by atoms with Gasteiger partial charge in [-0.2, -0.15) is 0 Å². The van der Waals surface area contributed by atoms with Crippen LogP contribution in [0.1, 0.15) is 22.3 Å². The SMILES string of the molecule is Cc1cc(N)cc(C(=O)NCCCNS(C)(=O)=O)c1F. The lowest BCUT2D eigenvalue weighted by atomic mass is 10.1. The molecule has 0 aliphatic carbocycles. The van der Waals surface area contributed by atoms with Crippen LogP contribution in [0.4, 0.5) is 10.1 Å². The fourth-order valence-electron chi connectivity index (χ4n) is 1.61. The molecule has 20 heavy (non-hydrogen) atoms. The van der Waals surface area contributed by atoms with Gasteiger partial charge in [0.2, 0.25) is 10.0 Å². The number of halogens is 1. The number of aryl methyl sites for hydroxylation is 1. The van der Waals surface area contributed by atoms with E-state index >= 15 is 0 Å². The Labute approximate surface area is 117 Å². The molecule has 0 unspecified atom stereocenters. The van der Waals surface area contributed by atoms with Crippen molar-refractivity contribution in [2.75, 3.05) is 25.1 Å². The fourth-order valence-corrected chi connectivity index (χ4v) is 2.12. The van der Waals surface area contributed by atoms with Crippen LogP contribution in [-0.2, 0) is 10.0 Å². The van der Waals surface area contributed by atoms with Crippen LogP contribution in [0.3, 0.4) is 0 Å². The zero-order valence-electron chi connectivity index (χ0n) is 11.4. The second kappa shape index (κ2) is 6.67. The minimum absolute atomic E-state index is 0.112. The summed E-state index contributed by atoms with van der Waals surface area (Å²) >= 11 is 0. The zero-order chi connectivity index (χ0) is 15.3. The molecule has 0 saturated heterocycles. The summed E-state index contributed by atoms with van der Waals surface area (Å²) in [5.41, 5.74) is 6.07. The molecule has 4 N–H and O–H groups in total. The molecule has 0 bridgehead atoms. The lowest BCUT2D eigenvalue weighted by Crippen LogP contribution is -2.30. The number of amides is 1. The molecule has 0 aromatic heterocycles. The van der Waals surface area contributed by atoms with Crippen molar-refractivity contribution in [1.29, 1.82) is 0 Å². The van der Waals surface area contributed by atoms with Gasteiger partial charge in [-0.1, -0.05) is 0 Å². The van der Waals surface area contributed by atoms with E-state index in [2.05, 4.69) is 10.0 Å². The van der Waals surface area contributed by atoms with Gasteiger partial charge in [0.1, 0.15) is 5.82 Å². The maximum absolute atomic E-state index is 13.8. The van der Waals surface area contributed by atoms with E-state index in [1.807, 2.05) is 0 Å². The van der Waals surface area contributed by atoms with E-state index in [-0.39, 0.29) is 18.7 Å². The number of nitrogen functional groups attached to an aromatic ring is 1. The van der Waals surface area contributed by atoms with Gasteiger partial charge in [-0.05, 0) is 31.0 Å². The zero-order valence-corrected chi connectivity index (χ0v) is 12.2. The molecular weight excluding hydrogens is 285 g/mol. The number of sulfonamides is 1. The predicted octanol–water partition coefficient (Wildman–Crippen LogP) is 0.385. The molecule has 6 nitrogen and oxygen atoms in total. The van der Waals surface area contributed by atoms with Crippen molar-refractivity contribution in [1.82, 2.24) is 10.0 Å². The first-order chi connectivity index (χ1) is 9.20. The summed E-state index contributed by atoms with van der Waals surface area (Å²) in [7, 11) is -3.23. The molecule has 1 rings (SSSR count). The number of rotatable bonds is 6. The Balaban J connectivity index is 2.52. The Hall–Kier alpha value is -1.67. The standard InChI is InChI=1S/C12H18FN3O3S/c1-8-6-9(14)7-10(11(8)13)12(17)15-4-3-5-16-20(2,18)19/h6-7,16H,3-5,14H2,1-2H3,(H,15,17). The molecule has 1 amide bonds. The molecule has 8 heteroatoms. The first-order valence-electron chi connectivity index (χ1n) is 5.99. The Bertz CT molecular complexity index is 602. The molecule has 0 radical (unpaired) electrons. The summed E-state index contributed by atoms with van der Waals surface area (Å²) in [6, 6.07) is 2.72. The molecule has 0 aliphatic heterocycles. The van der Waals surface area contributed by atoms with E-state index in [1.165, 1.54) is 19.1 Å². The molecule has 0 atom stereocenters. The molecule has 0 fully saturated rings. The van der Waals surface area contributed by atoms with Crippen molar-refractivity contribution < 1.29 is 17.6 Å². The number of nitrogens with two attached hydrogens (primary N) is 1. The largest absolute Gasteiger partial charge is 0.399 e. The first-order valence-corrected chi connectivity index (χ1v) is 7.88. The van der Waals surface area contributed by atoms with Gasteiger partial charge in [0.05, 0.1) is 11.8 Å². The fraction of sp³-hybridized carbons (Fsp3) is 0.417. The third-order valence-corrected chi connectivity index (χ3v) is 3.25. The van der Waals surface area contributed by atoms with Crippen molar-refractivity contribution >= 4 is 21.6 Å². The minimum Gasteiger partial charge on any atom is -0.399 e. The monoisotopic (exact) mass is 303 g/mol. The van der Waals surface area contributed by atoms with E-state index in [4.69, 9.17) is 5.73 Å². The Kier molecular flexibility index (Phi) is 5.46. The summed E-state index contributed by atoms with van der Waals surface area (Å²) in [4.78, 5) is 11.8. The van der Waals surface area contributed by atoms with Gasteiger partial charge in [-0.15, -0.1) is 0 Å². The molecule has 0 heterocycles. The van der Waals surface area contributed by atoms with Crippen LogP contribution in [0.5, 0.6) is 0 Å². The van der Waals surface area contributed by atoms with Crippen molar-refractivity contribution in [3.05, 3.63) is 29.1 Å². The summed E-state index contributed by atoms with van der Waals surface area (Å²) in [6.07, 6.45) is 1.46. The molecule has 0 spiro atoms. The number of carbonyl (C=O) groups is 1. The van der Waals surface area contributed by atoms with E-state index in [0.717, 1.165) is 6.26 Å². The molecular formula is C12H18FN3O3S. The van der Waals surface area contributed by atoms with Gasteiger partial charge in [0.25, 0.3) is 5.91 Å². The second-order valence-electron chi connectivity index (χ2n) is 4.48. The van der Waals surface area contributed by atoms with Crippen LogP contribution in [0.2, 0.25) is 0 Å². The third kappa shape index (κ3) is 5.14. The quantitative estimate of drug-likeness (QED) is 0.522. The van der Waals surface area contributed by atoms with Gasteiger partial charge >= 0.3 is 0 Å². The summed E-state index contributed by atoms with van der Waals surface area (Å²) in [6.45, 7) is 1.96. The predicted molar refractivity (Wildman–Crippen MR) is 75.3 cm³/mol. The highest BCUT2D eigenvalue weighted by atomic mass is 32.2. The number of anilines is 1. The van der Waals surface area contributed by atoms with Gasteiger partial charge in [0, 0.05) is 18.8 Å². The van der Waals surface area contributed by atoms with E-state index in [9.17, 15) is 17.6 Å². The van der Waals surface area contributed by atoms with Crippen LogP contribution in [0.15, 0.2) is 12.1 Å². The molecule has 1 aromatic carbocycles. The smallest absolute Gasteiger partial charge is 0.254 e. The molecule has 112 valence electrons. The summed E-state index contributed by atoms with van der Waals surface area (Å²) < 4.78 is 37.7. The van der Waals surface area contributed by atoms with Crippen molar-refractivity contribution in [3.8, 4) is 0 Å². The molecule has 0 aliphatic rings. The normalized spacial score (nSPS) is 11.3. The topological polar surface area (TPSA) is 101 Å². The number of benzene rings is 1.